The minimum atomic E-state index is -3.58. The first-order valence-corrected chi connectivity index (χ1v) is 13.6. The molecular formula is C26H25N3O4S2. The quantitative estimate of drug-likeness (QED) is 0.368. The van der Waals surface area contributed by atoms with Crippen molar-refractivity contribution in [3.8, 4) is 10.6 Å². The summed E-state index contributed by atoms with van der Waals surface area (Å²) in [5, 5.41) is 4.10. The summed E-state index contributed by atoms with van der Waals surface area (Å²) in [7, 11) is -3.58. The van der Waals surface area contributed by atoms with E-state index in [4.69, 9.17) is 9.72 Å². The standard InChI is InChI=1S/C26H25N3O4S2/c1-18-2-11-23-25(16-18)34-26(28-23)20-3-7-21(8-4-20)27-17-24(30)19-5-9-22(10-6-19)35(31,32)29-12-14-33-15-13-29/h2-11,16,27H,12-15,17H2,1H3. The lowest BCUT2D eigenvalue weighted by Crippen LogP contribution is -2.40. The maximum Gasteiger partial charge on any atom is 0.243 e. The summed E-state index contributed by atoms with van der Waals surface area (Å²) in [5.41, 5.74) is 4.51. The largest absolute Gasteiger partial charge is 0.379 e. The van der Waals surface area contributed by atoms with Gasteiger partial charge in [0, 0.05) is 29.9 Å². The van der Waals surface area contributed by atoms with Gasteiger partial charge in [0.15, 0.2) is 5.78 Å². The Bertz CT molecular complexity index is 1460. The van der Waals surface area contributed by atoms with Crippen molar-refractivity contribution >= 4 is 43.0 Å². The molecule has 1 aliphatic rings. The first-order chi connectivity index (χ1) is 16.9. The van der Waals surface area contributed by atoms with E-state index in [0.29, 0.717) is 31.9 Å². The second-order valence-electron chi connectivity index (χ2n) is 8.39. The summed E-state index contributed by atoms with van der Waals surface area (Å²) in [6, 6.07) is 20.2. The highest BCUT2D eigenvalue weighted by molar-refractivity contribution is 7.89. The van der Waals surface area contributed by atoms with E-state index in [-0.39, 0.29) is 17.2 Å². The lowest BCUT2D eigenvalue weighted by atomic mass is 10.1. The van der Waals surface area contributed by atoms with Gasteiger partial charge in [0.2, 0.25) is 10.0 Å². The fourth-order valence-electron chi connectivity index (χ4n) is 3.92. The van der Waals surface area contributed by atoms with Gasteiger partial charge in [-0.25, -0.2) is 13.4 Å². The molecule has 3 aromatic carbocycles. The molecule has 5 rings (SSSR count). The van der Waals surface area contributed by atoms with Crippen LogP contribution in [-0.2, 0) is 14.8 Å². The number of sulfonamides is 1. The number of nitrogens with zero attached hydrogens (tertiary/aromatic N) is 2. The third-order valence-corrected chi connectivity index (χ3v) is 8.89. The number of carbonyl (C=O) groups excluding carboxylic acids is 1. The highest BCUT2D eigenvalue weighted by Crippen LogP contribution is 2.31. The van der Waals surface area contributed by atoms with Crippen LogP contribution in [0.1, 0.15) is 15.9 Å². The Morgan fingerprint density at radius 2 is 1.74 bits per heavy atom. The number of anilines is 1. The predicted octanol–water partition coefficient (Wildman–Crippen LogP) is 4.59. The molecule has 0 atom stereocenters. The van der Waals surface area contributed by atoms with Gasteiger partial charge in [-0.3, -0.25) is 4.79 Å². The van der Waals surface area contributed by atoms with Gasteiger partial charge in [0.05, 0.1) is 34.9 Å². The monoisotopic (exact) mass is 507 g/mol. The van der Waals surface area contributed by atoms with Gasteiger partial charge in [-0.15, -0.1) is 11.3 Å². The SMILES string of the molecule is Cc1ccc2nc(-c3ccc(NCC(=O)c4ccc(S(=O)(=O)N5CCOCC5)cc4)cc3)sc2c1. The predicted molar refractivity (Wildman–Crippen MR) is 139 cm³/mol. The summed E-state index contributed by atoms with van der Waals surface area (Å²) in [4.78, 5) is 17.5. The Balaban J connectivity index is 1.21. The van der Waals surface area contributed by atoms with Crippen molar-refractivity contribution in [3.63, 3.8) is 0 Å². The van der Waals surface area contributed by atoms with Gasteiger partial charge in [0.1, 0.15) is 5.01 Å². The van der Waals surface area contributed by atoms with Gasteiger partial charge in [-0.05, 0) is 73.2 Å². The number of rotatable bonds is 7. The van der Waals surface area contributed by atoms with Gasteiger partial charge in [-0.2, -0.15) is 4.31 Å². The van der Waals surface area contributed by atoms with Crippen LogP contribution in [0.25, 0.3) is 20.8 Å². The number of nitrogens with one attached hydrogen (secondary N) is 1. The molecule has 0 bridgehead atoms. The number of aryl methyl sites for hydroxylation is 1. The molecule has 0 unspecified atom stereocenters. The molecule has 0 spiro atoms. The number of hydrogen-bond acceptors (Lipinski definition) is 7. The minimum absolute atomic E-state index is 0.106. The summed E-state index contributed by atoms with van der Waals surface area (Å²) >= 11 is 1.66. The second-order valence-corrected chi connectivity index (χ2v) is 11.4. The molecule has 1 fully saturated rings. The van der Waals surface area contributed by atoms with Crippen LogP contribution in [0.3, 0.4) is 0 Å². The van der Waals surface area contributed by atoms with Crippen molar-refractivity contribution in [1.82, 2.24) is 9.29 Å². The molecule has 1 aromatic heterocycles. The molecule has 4 aromatic rings. The zero-order valence-corrected chi connectivity index (χ0v) is 20.9. The van der Waals surface area contributed by atoms with Crippen LogP contribution in [0.15, 0.2) is 71.6 Å². The van der Waals surface area contributed by atoms with Crippen molar-refractivity contribution in [1.29, 1.82) is 0 Å². The van der Waals surface area contributed by atoms with Crippen molar-refractivity contribution in [2.45, 2.75) is 11.8 Å². The third kappa shape index (κ3) is 5.13. The number of aromatic nitrogens is 1. The Hall–Kier alpha value is -3.11. The summed E-state index contributed by atoms with van der Waals surface area (Å²) in [6.45, 7) is 3.64. The van der Waals surface area contributed by atoms with E-state index in [1.807, 2.05) is 30.3 Å². The maximum atomic E-state index is 12.7. The topological polar surface area (TPSA) is 88.6 Å². The Kier molecular flexibility index (Phi) is 6.66. The molecular weight excluding hydrogens is 482 g/mol. The molecule has 180 valence electrons. The normalized spacial score (nSPS) is 14.8. The molecule has 2 heterocycles. The Morgan fingerprint density at radius 1 is 1.03 bits per heavy atom. The van der Waals surface area contributed by atoms with E-state index in [1.54, 1.807) is 23.5 Å². The van der Waals surface area contributed by atoms with Crippen LogP contribution < -0.4 is 5.32 Å². The molecule has 1 saturated heterocycles. The van der Waals surface area contributed by atoms with Gasteiger partial charge >= 0.3 is 0 Å². The number of hydrogen-bond donors (Lipinski definition) is 1. The fraction of sp³-hybridized carbons (Fsp3) is 0.231. The van der Waals surface area contributed by atoms with Crippen molar-refractivity contribution in [3.05, 3.63) is 77.9 Å². The molecule has 35 heavy (non-hydrogen) atoms. The minimum Gasteiger partial charge on any atom is -0.379 e. The number of Topliss-reactive ketones (excluding diaryl/α,β-unsaturated/α-hetero) is 1. The van der Waals surface area contributed by atoms with Gasteiger partial charge in [-0.1, -0.05) is 6.07 Å². The van der Waals surface area contributed by atoms with E-state index >= 15 is 0 Å². The molecule has 0 saturated carbocycles. The number of carbonyl (C=O) groups is 1. The number of morpholine rings is 1. The van der Waals surface area contributed by atoms with Crippen molar-refractivity contribution < 1.29 is 17.9 Å². The van der Waals surface area contributed by atoms with Crippen LogP contribution in [0.4, 0.5) is 5.69 Å². The lowest BCUT2D eigenvalue weighted by Gasteiger charge is -2.26. The Morgan fingerprint density at radius 3 is 2.46 bits per heavy atom. The Labute approximate surface area is 208 Å². The number of thiazole rings is 1. The van der Waals surface area contributed by atoms with E-state index in [0.717, 1.165) is 26.5 Å². The first kappa shape index (κ1) is 23.6. The molecule has 1 N–H and O–H groups in total. The average molecular weight is 508 g/mol. The van der Waals surface area contributed by atoms with E-state index in [1.165, 1.54) is 22.0 Å². The van der Waals surface area contributed by atoms with Crippen LogP contribution in [0.5, 0.6) is 0 Å². The van der Waals surface area contributed by atoms with Gasteiger partial charge in [0.25, 0.3) is 0 Å². The number of ketones is 1. The molecule has 7 nitrogen and oxygen atoms in total. The molecule has 1 aliphatic heterocycles. The molecule has 9 heteroatoms. The van der Waals surface area contributed by atoms with Crippen molar-refractivity contribution in [2.24, 2.45) is 0 Å². The summed E-state index contributed by atoms with van der Waals surface area (Å²) in [6.07, 6.45) is 0. The highest BCUT2D eigenvalue weighted by atomic mass is 32.2. The third-order valence-electron chi connectivity index (χ3n) is 5.91. The van der Waals surface area contributed by atoms with Crippen LogP contribution in [0.2, 0.25) is 0 Å². The zero-order valence-electron chi connectivity index (χ0n) is 19.2. The highest BCUT2D eigenvalue weighted by Gasteiger charge is 2.26. The summed E-state index contributed by atoms with van der Waals surface area (Å²) < 4.78 is 33.3. The second kappa shape index (κ2) is 9.87. The lowest BCUT2D eigenvalue weighted by molar-refractivity contribution is 0.0730. The van der Waals surface area contributed by atoms with Crippen LogP contribution >= 0.6 is 11.3 Å². The van der Waals surface area contributed by atoms with E-state index < -0.39 is 10.0 Å². The fourth-order valence-corrected chi connectivity index (χ4v) is 6.40. The van der Waals surface area contributed by atoms with Crippen molar-refractivity contribution in [2.75, 3.05) is 38.2 Å². The first-order valence-electron chi connectivity index (χ1n) is 11.3. The van der Waals surface area contributed by atoms with E-state index in [9.17, 15) is 13.2 Å². The maximum absolute atomic E-state index is 12.7. The zero-order chi connectivity index (χ0) is 24.4. The average Bonchev–Trinajstić information content (AvgIpc) is 3.31. The summed E-state index contributed by atoms with van der Waals surface area (Å²) in [5.74, 6) is -0.120. The smallest absolute Gasteiger partial charge is 0.243 e. The van der Waals surface area contributed by atoms with Crippen LogP contribution in [-0.4, -0.2) is 56.3 Å². The van der Waals surface area contributed by atoms with E-state index in [2.05, 4.69) is 24.4 Å². The number of ether oxygens (including phenoxy) is 1. The number of fused-ring (bicyclic) bond motifs is 1. The van der Waals surface area contributed by atoms with Crippen LogP contribution in [0, 0.1) is 6.92 Å². The van der Waals surface area contributed by atoms with Gasteiger partial charge < -0.3 is 10.1 Å². The number of benzene rings is 3. The molecule has 0 radical (unpaired) electrons. The molecule has 0 aliphatic carbocycles. The molecule has 0 amide bonds.